The van der Waals surface area contributed by atoms with Crippen LogP contribution in [-0.4, -0.2) is 30.6 Å². The van der Waals surface area contributed by atoms with E-state index >= 15 is 0 Å². The van der Waals surface area contributed by atoms with Crippen molar-refractivity contribution in [1.29, 1.82) is 0 Å². The number of alkyl halides is 1. The van der Waals surface area contributed by atoms with Gasteiger partial charge in [-0.25, -0.2) is 4.98 Å². The van der Waals surface area contributed by atoms with Gasteiger partial charge in [-0.3, -0.25) is 0 Å². The van der Waals surface area contributed by atoms with Crippen molar-refractivity contribution in [2.75, 3.05) is 31.0 Å². The Bertz CT molecular complexity index is 618. The Morgan fingerprint density at radius 2 is 2.05 bits per heavy atom. The lowest BCUT2D eigenvalue weighted by Crippen LogP contribution is -2.16. The molecule has 2 aromatic rings. The van der Waals surface area contributed by atoms with Crippen LogP contribution >= 0.6 is 11.6 Å². The number of pyridine rings is 1. The summed E-state index contributed by atoms with van der Waals surface area (Å²) in [7, 11) is 0. The van der Waals surface area contributed by atoms with Gasteiger partial charge in [-0.1, -0.05) is 6.92 Å². The molecule has 0 radical (unpaired) electrons. The van der Waals surface area contributed by atoms with Gasteiger partial charge in [0.1, 0.15) is 19.0 Å². The second-order valence-corrected chi connectivity index (χ2v) is 5.33. The molecule has 1 aromatic heterocycles. The number of halogens is 1. The number of fused-ring (bicyclic) bond motifs is 2. The van der Waals surface area contributed by atoms with Crippen molar-refractivity contribution in [3.63, 3.8) is 0 Å². The summed E-state index contributed by atoms with van der Waals surface area (Å²) >= 11 is 5.83. The molecule has 1 aliphatic rings. The van der Waals surface area contributed by atoms with Crippen molar-refractivity contribution in [3.05, 3.63) is 24.4 Å². The van der Waals surface area contributed by atoms with Crippen LogP contribution in [0.25, 0.3) is 10.8 Å². The highest BCUT2D eigenvalue weighted by Crippen LogP contribution is 2.36. The fourth-order valence-electron chi connectivity index (χ4n) is 2.18. The molecule has 20 heavy (non-hydrogen) atoms. The number of nitrogens with zero attached hydrogens (tertiary/aromatic N) is 1. The van der Waals surface area contributed by atoms with Gasteiger partial charge in [-0.15, -0.1) is 11.6 Å². The van der Waals surface area contributed by atoms with Crippen LogP contribution in [-0.2, 0) is 0 Å². The molecule has 5 heteroatoms. The van der Waals surface area contributed by atoms with Crippen LogP contribution in [0.15, 0.2) is 24.4 Å². The zero-order chi connectivity index (χ0) is 13.9. The molecular formula is C15H17ClN2O2. The quantitative estimate of drug-likeness (QED) is 0.878. The van der Waals surface area contributed by atoms with Gasteiger partial charge in [0.05, 0.1) is 0 Å². The first-order valence-corrected chi connectivity index (χ1v) is 7.29. The smallest absolute Gasteiger partial charge is 0.162 e. The highest BCUT2D eigenvalue weighted by Gasteiger charge is 2.14. The summed E-state index contributed by atoms with van der Waals surface area (Å²) < 4.78 is 11.2. The van der Waals surface area contributed by atoms with E-state index < -0.39 is 0 Å². The third kappa shape index (κ3) is 2.61. The van der Waals surface area contributed by atoms with E-state index in [0.29, 0.717) is 25.0 Å². The minimum atomic E-state index is 0.394. The molecule has 0 saturated heterocycles. The molecule has 0 spiro atoms. The highest BCUT2D eigenvalue weighted by molar-refractivity contribution is 6.18. The van der Waals surface area contributed by atoms with Crippen molar-refractivity contribution < 1.29 is 9.47 Å². The monoisotopic (exact) mass is 292 g/mol. The van der Waals surface area contributed by atoms with Crippen LogP contribution < -0.4 is 14.8 Å². The van der Waals surface area contributed by atoms with Gasteiger partial charge >= 0.3 is 0 Å². The van der Waals surface area contributed by atoms with E-state index in [1.165, 1.54) is 0 Å². The van der Waals surface area contributed by atoms with E-state index in [1.807, 2.05) is 18.2 Å². The summed E-state index contributed by atoms with van der Waals surface area (Å²) in [6.07, 6.45) is 1.80. The first-order valence-electron chi connectivity index (χ1n) is 6.76. The van der Waals surface area contributed by atoms with Crippen molar-refractivity contribution >= 4 is 28.2 Å². The average molecular weight is 293 g/mol. The Kier molecular flexibility index (Phi) is 3.83. The molecule has 0 bridgehead atoms. The molecule has 1 aromatic carbocycles. The van der Waals surface area contributed by atoms with Crippen molar-refractivity contribution in [1.82, 2.24) is 4.98 Å². The molecule has 2 heterocycles. The minimum Gasteiger partial charge on any atom is -0.486 e. The summed E-state index contributed by atoms with van der Waals surface area (Å²) in [6, 6.07) is 5.97. The van der Waals surface area contributed by atoms with Gasteiger partial charge in [0.25, 0.3) is 0 Å². The number of hydrogen-bond donors (Lipinski definition) is 1. The molecule has 0 saturated carbocycles. The molecule has 106 valence electrons. The topological polar surface area (TPSA) is 43.4 Å². The molecule has 0 amide bonds. The third-order valence-electron chi connectivity index (χ3n) is 3.31. The Morgan fingerprint density at radius 3 is 2.80 bits per heavy atom. The van der Waals surface area contributed by atoms with Crippen LogP contribution in [0.4, 0.5) is 5.82 Å². The molecule has 4 nitrogen and oxygen atoms in total. The lowest BCUT2D eigenvalue weighted by Gasteiger charge is -2.19. The van der Waals surface area contributed by atoms with E-state index in [1.54, 1.807) is 6.20 Å². The number of rotatable bonds is 4. The van der Waals surface area contributed by atoms with Gasteiger partial charge in [-0.05, 0) is 29.5 Å². The second-order valence-electron chi connectivity index (χ2n) is 5.02. The standard InChI is InChI=1S/C15H17ClN2O2/c1-10(8-16)9-18-15-12-7-14-13(19-4-5-20-14)6-11(12)2-3-17-15/h2-3,6-7,10H,4-5,8-9H2,1H3,(H,17,18). The van der Waals surface area contributed by atoms with Crippen LogP contribution in [0, 0.1) is 5.92 Å². The summed E-state index contributed by atoms with van der Waals surface area (Å²) in [6.45, 7) is 4.08. The number of hydrogen-bond acceptors (Lipinski definition) is 4. The SMILES string of the molecule is CC(CCl)CNc1nccc2cc3c(cc12)OCCO3. The predicted molar refractivity (Wildman–Crippen MR) is 81.1 cm³/mol. The zero-order valence-corrected chi connectivity index (χ0v) is 12.1. The predicted octanol–water partition coefficient (Wildman–Crippen LogP) is 3.29. The molecule has 3 rings (SSSR count). The maximum atomic E-state index is 5.83. The number of nitrogens with one attached hydrogen (secondary N) is 1. The van der Waals surface area contributed by atoms with Gasteiger partial charge in [0, 0.05) is 24.0 Å². The zero-order valence-electron chi connectivity index (χ0n) is 11.4. The fraction of sp³-hybridized carbons (Fsp3) is 0.400. The number of benzene rings is 1. The minimum absolute atomic E-state index is 0.394. The maximum Gasteiger partial charge on any atom is 0.162 e. The van der Waals surface area contributed by atoms with Gasteiger partial charge in [-0.2, -0.15) is 0 Å². The molecule has 1 atom stereocenters. The van der Waals surface area contributed by atoms with E-state index in [0.717, 1.165) is 34.6 Å². The summed E-state index contributed by atoms with van der Waals surface area (Å²) in [5, 5.41) is 5.48. The molecule has 1 N–H and O–H groups in total. The van der Waals surface area contributed by atoms with Gasteiger partial charge in [0.2, 0.25) is 0 Å². The first-order chi connectivity index (χ1) is 9.78. The van der Waals surface area contributed by atoms with E-state index in [-0.39, 0.29) is 0 Å². The van der Waals surface area contributed by atoms with E-state index in [9.17, 15) is 0 Å². The fourth-order valence-corrected chi connectivity index (χ4v) is 2.28. The summed E-state index contributed by atoms with van der Waals surface area (Å²) in [5.74, 6) is 3.46. The number of aromatic nitrogens is 1. The summed E-state index contributed by atoms with van der Waals surface area (Å²) in [5.41, 5.74) is 0. The van der Waals surface area contributed by atoms with Crippen LogP contribution in [0.5, 0.6) is 11.5 Å². The van der Waals surface area contributed by atoms with Crippen LogP contribution in [0.2, 0.25) is 0 Å². The van der Waals surface area contributed by atoms with Crippen molar-refractivity contribution in [3.8, 4) is 11.5 Å². The molecule has 1 unspecified atom stereocenters. The van der Waals surface area contributed by atoms with E-state index in [2.05, 4.69) is 17.2 Å². The second kappa shape index (κ2) is 5.75. The average Bonchev–Trinajstić information content (AvgIpc) is 2.50. The lowest BCUT2D eigenvalue weighted by molar-refractivity contribution is 0.172. The third-order valence-corrected chi connectivity index (χ3v) is 3.84. The molecule has 0 fully saturated rings. The Labute approximate surface area is 123 Å². The summed E-state index contributed by atoms with van der Waals surface area (Å²) in [4.78, 5) is 4.41. The largest absolute Gasteiger partial charge is 0.486 e. The van der Waals surface area contributed by atoms with Crippen LogP contribution in [0.3, 0.4) is 0 Å². The van der Waals surface area contributed by atoms with Gasteiger partial charge in [0.15, 0.2) is 11.5 Å². The Hall–Kier alpha value is -1.68. The highest BCUT2D eigenvalue weighted by atomic mass is 35.5. The Balaban J connectivity index is 1.96. The molecule has 1 aliphatic heterocycles. The lowest BCUT2D eigenvalue weighted by atomic mass is 10.1. The van der Waals surface area contributed by atoms with Crippen LogP contribution in [0.1, 0.15) is 6.92 Å². The van der Waals surface area contributed by atoms with Crippen molar-refractivity contribution in [2.45, 2.75) is 6.92 Å². The van der Waals surface area contributed by atoms with Crippen molar-refractivity contribution in [2.24, 2.45) is 5.92 Å². The maximum absolute atomic E-state index is 5.83. The molecule has 0 aliphatic carbocycles. The first kappa shape index (κ1) is 13.3. The molecular weight excluding hydrogens is 276 g/mol. The van der Waals surface area contributed by atoms with E-state index in [4.69, 9.17) is 21.1 Å². The number of ether oxygens (including phenoxy) is 2. The van der Waals surface area contributed by atoms with Gasteiger partial charge < -0.3 is 14.8 Å². The number of anilines is 1. The normalized spacial score (nSPS) is 15.1. The Morgan fingerprint density at radius 1 is 1.30 bits per heavy atom.